The van der Waals surface area contributed by atoms with Gasteiger partial charge in [0.2, 0.25) is 0 Å². The topological polar surface area (TPSA) is 94.7 Å². The summed E-state index contributed by atoms with van der Waals surface area (Å²) in [5.74, 6) is -0.722. The normalized spacial score (nSPS) is 11.5. The monoisotopic (exact) mass is 588 g/mol. The van der Waals surface area contributed by atoms with Crippen molar-refractivity contribution in [3.8, 4) is 0 Å². The van der Waals surface area contributed by atoms with E-state index in [1.165, 1.54) is 16.3 Å². The van der Waals surface area contributed by atoms with Crippen LogP contribution in [0.4, 0.5) is 0 Å². The van der Waals surface area contributed by atoms with E-state index in [-0.39, 0.29) is 25.9 Å². The summed E-state index contributed by atoms with van der Waals surface area (Å²) in [4.78, 5) is 26.5. The van der Waals surface area contributed by atoms with Crippen LogP contribution in [0.3, 0.4) is 0 Å². The number of aromatic nitrogens is 4. The third-order valence-corrected chi connectivity index (χ3v) is 6.76. The molecule has 0 saturated carbocycles. The molecule has 41 heavy (non-hydrogen) atoms. The minimum Gasteiger partial charge on any atom is -0.481 e. The fourth-order valence-electron chi connectivity index (χ4n) is 4.88. The molecule has 7 heteroatoms. The maximum atomic E-state index is 10.5. The Bertz CT molecular complexity index is 1750. The molecule has 3 N–H and O–H groups in total. The van der Waals surface area contributed by atoms with Crippen molar-refractivity contribution in [2.45, 2.75) is 19.3 Å². The van der Waals surface area contributed by atoms with Crippen LogP contribution < -0.4 is 0 Å². The molecule has 0 amide bonds. The summed E-state index contributed by atoms with van der Waals surface area (Å²) >= 11 is 0. The first-order valence-corrected chi connectivity index (χ1v) is 13.3. The first-order valence-electron chi connectivity index (χ1n) is 13.3. The fraction of sp³-hybridized carbons (Fsp3) is 0.0882. The van der Waals surface area contributed by atoms with E-state index >= 15 is 0 Å². The van der Waals surface area contributed by atoms with Crippen molar-refractivity contribution in [1.29, 1.82) is 0 Å². The van der Waals surface area contributed by atoms with Crippen LogP contribution in [0.1, 0.15) is 41.2 Å². The van der Waals surface area contributed by atoms with Gasteiger partial charge in [0.15, 0.2) is 0 Å². The van der Waals surface area contributed by atoms with Crippen molar-refractivity contribution in [1.82, 2.24) is 19.9 Å². The van der Waals surface area contributed by atoms with Gasteiger partial charge in [-0.3, -0.25) is 4.79 Å². The van der Waals surface area contributed by atoms with Crippen LogP contribution in [0, 0.1) is 0 Å². The van der Waals surface area contributed by atoms with Crippen LogP contribution in [-0.2, 0) is 30.7 Å². The largest absolute Gasteiger partial charge is 0.481 e. The Kier molecular flexibility index (Phi) is 8.66. The number of nitrogens with zero attached hydrogens (tertiary/aromatic N) is 2. The number of fused-ring (bicyclic) bond motifs is 9. The quantitative estimate of drug-likeness (QED) is 0.182. The Morgan fingerprint density at radius 1 is 0.634 bits per heavy atom. The number of hydrogen-bond donors (Lipinski definition) is 3. The molecule has 8 bridgehead atoms. The minimum atomic E-state index is -0.722. The van der Waals surface area contributed by atoms with E-state index in [0.717, 1.165) is 51.3 Å². The summed E-state index contributed by atoms with van der Waals surface area (Å²) in [6.07, 6.45) is 9.85. The maximum Gasteiger partial charge on any atom is 0.303 e. The van der Waals surface area contributed by atoms with Gasteiger partial charge in [-0.05, 0) is 102 Å². The van der Waals surface area contributed by atoms with Crippen LogP contribution in [0.25, 0.3) is 57.1 Å². The minimum absolute atomic E-state index is 0. The number of benzene rings is 2. The second kappa shape index (κ2) is 12.7. The second-order valence-electron chi connectivity index (χ2n) is 9.79. The molecule has 0 radical (unpaired) electrons. The van der Waals surface area contributed by atoms with Gasteiger partial charge in [0.25, 0.3) is 0 Å². The average molecular weight is 590 g/mol. The smallest absolute Gasteiger partial charge is 0.303 e. The fourth-order valence-corrected chi connectivity index (χ4v) is 4.88. The Morgan fingerprint density at radius 2 is 1.10 bits per heavy atom. The van der Waals surface area contributed by atoms with Crippen LogP contribution in [0.2, 0.25) is 0 Å². The third kappa shape index (κ3) is 7.13. The molecule has 2 aromatic carbocycles. The van der Waals surface area contributed by atoms with Gasteiger partial charge in [0, 0.05) is 48.0 Å². The molecule has 5 aromatic rings. The molecule has 3 aromatic heterocycles. The van der Waals surface area contributed by atoms with Gasteiger partial charge in [-0.15, -0.1) is 0 Å². The number of carbonyl (C=O) groups is 1. The van der Waals surface area contributed by atoms with E-state index < -0.39 is 5.97 Å². The number of carboxylic acid groups (broad SMARTS) is 1. The number of hydrogen-bond acceptors (Lipinski definition) is 3. The summed E-state index contributed by atoms with van der Waals surface area (Å²) < 4.78 is 0. The maximum absolute atomic E-state index is 10.5. The van der Waals surface area contributed by atoms with E-state index in [2.05, 4.69) is 68.5 Å². The van der Waals surface area contributed by atoms with Crippen molar-refractivity contribution in [3.63, 3.8) is 0 Å². The molecule has 2 aliphatic rings. The zero-order valence-electron chi connectivity index (χ0n) is 22.5. The van der Waals surface area contributed by atoms with Gasteiger partial charge in [0.05, 0.1) is 22.8 Å². The van der Waals surface area contributed by atoms with Crippen molar-refractivity contribution in [3.05, 3.63) is 119 Å². The Balaban J connectivity index is 0.000000175. The van der Waals surface area contributed by atoms with Crippen LogP contribution >= 0.6 is 0 Å². The van der Waals surface area contributed by atoms with Gasteiger partial charge < -0.3 is 15.1 Å². The first-order chi connectivity index (χ1) is 19.6. The van der Waals surface area contributed by atoms with E-state index in [1.807, 2.05) is 66.8 Å². The van der Waals surface area contributed by atoms with Crippen molar-refractivity contribution >= 4 is 63.1 Å². The number of H-pyrrole nitrogens is 2. The van der Waals surface area contributed by atoms with E-state index in [4.69, 9.17) is 5.11 Å². The second-order valence-corrected chi connectivity index (χ2v) is 9.79. The predicted octanol–water partition coefficient (Wildman–Crippen LogP) is 7.90. The van der Waals surface area contributed by atoms with E-state index in [0.29, 0.717) is 6.42 Å². The molecule has 0 spiro atoms. The number of aromatic amines is 2. The molecule has 0 atom stereocenters. The number of carboxylic acids is 1. The zero-order valence-corrected chi connectivity index (χ0v) is 25.5. The SMILES string of the molecule is C1=Cc2cc3ccc(cc4nc(cc5ccc(cc1n2)[nH]5)C=C4)[nH]3.O=C(O)CCCc1cccc2ccccc12.[Zn]. The summed E-state index contributed by atoms with van der Waals surface area (Å²) in [7, 11) is 0. The molecular formula is C34H28N4O2Zn. The molecule has 7 rings (SSSR count). The van der Waals surface area contributed by atoms with E-state index in [9.17, 15) is 4.79 Å². The molecular weight excluding hydrogens is 562 g/mol. The predicted molar refractivity (Wildman–Crippen MR) is 163 cm³/mol. The summed E-state index contributed by atoms with van der Waals surface area (Å²) in [5, 5.41) is 11.1. The number of nitrogens with one attached hydrogen (secondary N) is 2. The van der Waals surface area contributed by atoms with Crippen LogP contribution in [0.5, 0.6) is 0 Å². The number of aliphatic carboxylic acids is 1. The standard InChI is InChI=1S/C20H14N4.C14H14O2.Zn/c1-2-14-10-16-5-6-18(23-16)12-20-8-7-19(24-20)11-17-4-3-15(22-17)9-13(1)21-14;15-14(16)10-4-8-12-7-3-6-11-5-1-2-9-13(11)12;/h1-12,21,24H;1-3,5-7,9H,4,8,10H2,(H,15,16);. The van der Waals surface area contributed by atoms with Gasteiger partial charge in [-0.1, -0.05) is 42.5 Å². The molecule has 6 nitrogen and oxygen atoms in total. The average Bonchev–Trinajstić information content (AvgIpc) is 3.76. The zero-order chi connectivity index (χ0) is 27.3. The van der Waals surface area contributed by atoms with Gasteiger partial charge in [0.1, 0.15) is 0 Å². The van der Waals surface area contributed by atoms with Crippen LogP contribution in [0.15, 0.2) is 91.0 Å². The van der Waals surface area contributed by atoms with Crippen molar-refractivity contribution in [2.75, 3.05) is 0 Å². The number of aryl methyl sites for hydroxylation is 1. The van der Waals surface area contributed by atoms with Gasteiger partial charge in [-0.2, -0.15) is 0 Å². The molecule has 0 unspecified atom stereocenters. The van der Waals surface area contributed by atoms with Gasteiger partial charge in [-0.25, -0.2) is 9.97 Å². The summed E-state index contributed by atoms with van der Waals surface area (Å²) in [6, 6.07) is 30.7. The van der Waals surface area contributed by atoms with Crippen molar-refractivity contribution in [2.24, 2.45) is 0 Å². The Hall–Kier alpha value is -4.61. The van der Waals surface area contributed by atoms with Crippen molar-refractivity contribution < 1.29 is 29.4 Å². The first kappa shape index (κ1) is 27.9. The Labute approximate surface area is 250 Å². The molecule has 0 fully saturated rings. The Morgan fingerprint density at radius 3 is 1.59 bits per heavy atom. The molecule has 0 aliphatic carbocycles. The number of rotatable bonds is 4. The third-order valence-electron chi connectivity index (χ3n) is 6.76. The van der Waals surface area contributed by atoms with E-state index in [1.54, 1.807) is 0 Å². The summed E-state index contributed by atoms with van der Waals surface area (Å²) in [6.45, 7) is 0. The van der Waals surface area contributed by atoms with Gasteiger partial charge >= 0.3 is 5.97 Å². The molecule has 2 aliphatic heterocycles. The molecule has 198 valence electrons. The van der Waals surface area contributed by atoms with Crippen LogP contribution in [-0.4, -0.2) is 31.0 Å². The molecule has 0 saturated heterocycles. The summed E-state index contributed by atoms with van der Waals surface area (Å²) in [5.41, 5.74) is 9.10. The molecule has 5 heterocycles.